The molecule has 0 bridgehead atoms. The minimum atomic E-state index is -0.596. The first-order chi connectivity index (χ1) is 9.49. The van der Waals surface area contributed by atoms with E-state index in [4.69, 9.17) is 34.7 Å². The van der Waals surface area contributed by atoms with E-state index in [2.05, 4.69) is 5.32 Å². The van der Waals surface area contributed by atoms with Gasteiger partial charge in [-0.3, -0.25) is 4.79 Å². The lowest BCUT2D eigenvalue weighted by atomic mass is 10.1. The van der Waals surface area contributed by atoms with E-state index >= 15 is 0 Å². The number of nitrogens with two attached hydrogens (primary N) is 2. The number of amides is 1. The molecular formula is C14H13Cl2N3O. The molecule has 5 N–H and O–H groups in total. The van der Waals surface area contributed by atoms with Gasteiger partial charge < -0.3 is 16.8 Å². The lowest BCUT2D eigenvalue weighted by Gasteiger charge is -2.13. The normalized spacial score (nSPS) is 10.3. The fourth-order valence-corrected chi connectivity index (χ4v) is 2.32. The van der Waals surface area contributed by atoms with Crippen molar-refractivity contribution in [2.45, 2.75) is 6.54 Å². The molecule has 0 atom stereocenters. The summed E-state index contributed by atoms with van der Waals surface area (Å²) in [5, 5.41) is 4.04. The van der Waals surface area contributed by atoms with Gasteiger partial charge in [0, 0.05) is 17.3 Å². The van der Waals surface area contributed by atoms with E-state index in [1.165, 1.54) is 6.07 Å². The molecule has 2 aromatic rings. The predicted molar refractivity (Wildman–Crippen MR) is 83.2 cm³/mol. The van der Waals surface area contributed by atoms with Gasteiger partial charge in [0.1, 0.15) is 0 Å². The zero-order chi connectivity index (χ0) is 14.7. The number of hydrogen-bond donors (Lipinski definition) is 3. The lowest BCUT2D eigenvalue weighted by molar-refractivity contribution is 0.100. The van der Waals surface area contributed by atoms with Crippen molar-refractivity contribution in [3.8, 4) is 0 Å². The molecule has 0 spiro atoms. The molecule has 2 aromatic carbocycles. The van der Waals surface area contributed by atoms with E-state index in [0.717, 1.165) is 5.56 Å². The molecule has 6 heteroatoms. The average Bonchev–Trinajstić information content (AvgIpc) is 2.38. The zero-order valence-electron chi connectivity index (χ0n) is 10.5. The van der Waals surface area contributed by atoms with Crippen LogP contribution in [-0.4, -0.2) is 5.91 Å². The fourth-order valence-electron chi connectivity index (χ4n) is 1.83. The van der Waals surface area contributed by atoms with E-state index in [9.17, 15) is 4.79 Å². The maximum Gasteiger partial charge on any atom is 0.250 e. The van der Waals surface area contributed by atoms with Gasteiger partial charge in [-0.2, -0.15) is 0 Å². The molecule has 0 radical (unpaired) electrons. The second kappa shape index (κ2) is 6.03. The molecule has 2 rings (SSSR count). The van der Waals surface area contributed by atoms with E-state index in [1.807, 2.05) is 18.2 Å². The molecule has 4 nitrogen and oxygen atoms in total. The molecule has 1 amide bonds. The molecule has 0 heterocycles. The first-order valence-electron chi connectivity index (χ1n) is 5.85. The van der Waals surface area contributed by atoms with Crippen LogP contribution in [0.1, 0.15) is 15.9 Å². The number of rotatable bonds is 4. The van der Waals surface area contributed by atoms with Crippen molar-refractivity contribution in [3.63, 3.8) is 0 Å². The molecule has 0 saturated heterocycles. The van der Waals surface area contributed by atoms with Gasteiger partial charge in [-0.15, -0.1) is 0 Å². The van der Waals surface area contributed by atoms with Crippen LogP contribution in [0.25, 0.3) is 0 Å². The summed E-state index contributed by atoms with van der Waals surface area (Å²) >= 11 is 12.2. The van der Waals surface area contributed by atoms with Gasteiger partial charge in [0.25, 0.3) is 5.91 Å². The Hall–Kier alpha value is -1.91. The second-order valence-corrected chi connectivity index (χ2v) is 5.05. The third kappa shape index (κ3) is 3.15. The Balaban J connectivity index is 2.30. The molecule has 104 valence electrons. The molecule has 0 fully saturated rings. The summed E-state index contributed by atoms with van der Waals surface area (Å²) in [6.07, 6.45) is 0. The third-order valence-electron chi connectivity index (χ3n) is 2.79. The van der Waals surface area contributed by atoms with Gasteiger partial charge >= 0.3 is 0 Å². The van der Waals surface area contributed by atoms with Crippen molar-refractivity contribution < 1.29 is 4.79 Å². The first kappa shape index (κ1) is 14.5. The van der Waals surface area contributed by atoms with Crippen molar-refractivity contribution >= 4 is 40.5 Å². The van der Waals surface area contributed by atoms with Crippen LogP contribution in [0.2, 0.25) is 10.0 Å². The largest absolute Gasteiger partial charge is 0.399 e. The molecular weight excluding hydrogens is 297 g/mol. The van der Waals surface area contributed by atoms with Crippen molar-refractivity contribution in [1.82, 2.24) is 0 Å². The Labute approximate surface area is 126 Å². The van der Waals surface area contributed by atoms with Crippen molar-refractivity contribution in [3.05, 3.63) is 57.6 Å². The fraction of sp³-hybridized carbons (Fsp3) is 0.0714. The van der Waals surface area contributed by atoms with Gasteiger partial charge in [-0.1, -0.05) is 41.4 Å². The van der Waals surface area contributed by atoms with Crippen LogP contribution < -0.4 is 16.8 Å². The highest BCUT2D eigenvalue weighted by Crippen LogP contribution is 2.30. The highest BCUT2D eigenvalue weighted by atomic mass is 35.5. The van der Waals surface area contributed by atoms with E-state index in [1.54, 1.807) is 12.1 Å². The van der Waals surface area contributed by atoms with E-state index in [-0.39, 0.29) is 5.56 Å². The number of nitrogen functional groups attached to an aromatic ring is 1. The number of nitrogens with one attached hydrogen (secondary N) is 1. The number of benzene rings is 2. The number of hydrogen-bond acceptors (Lipinski definition) is 3. The van der Waals surface area contributed by atoms with Crippen LogP contribution in [0.5, 0.6) is 0 Å². The van der Waals surface area contributed by atoms with Crippen molar-refractivity contribution in [2.75, 3.05) is 11.1 Å². The standard InChI is InChI=1S/C14H13Cl2N3O/c15-11-4-2-1-3-8(11)7-19-13-10(14(18)20)5-9(17)6-12(13)16/h1-6,19H,7,17H2,(H2,18,20). The number of primary amides is 1. The summed E-state index contributed by atoms with van der Waals surface area (Å²) in [5.41, 5.74) is 13.0. The van der Waals surface area contributed by atoms with Gasteiger partial charge in [-0.25, -0.2) is 0 Å². The van der Waals surface area contributed by atoms with Crippen molar-refractivity contribution in [1.29, 1.82) is 0 Å². The number of halogens is 2. The molecule has 0 unspecified atom stereocenters. The predicted octanol–water partition coefficient (Wildman–Crippen LogP) is 3.29. The van der Waals surface area contributed by atoms with Gasteiger partial charge in [-0.05, 0) is 23.8 Å². The van der Waals surface area contributed by atoms with Gasteiger partial charge in [0.05, 0.1) is 16.3 Å². The zero-order valence-corrected chi connectivity index (χ0v) is 12.0. The Morgan fingerprint density at radius 3 is 2.50 bits per heavy atom. The van der Waals surface area contributed by atoms with Crippen molar-refractivity contribution in [2.24, 2.45) is 5.73 Å². The van der Waals surface area contributed by atoms with E-state index < -0.39 is 5.91 Å². The van der Waals surface area contributed by atoms with Crippen LogP contribution in [0.15, 0.2) is 36.4 Å². The minimum absolute atomic E-state index is 0.252. The number of carbonyl (C=O) groups is 1. The highest BCUT2D eigenvalue weighted by Gasteiger charge is 2.13. The Morgan fingerprint density at radius 1 is 1.15 bits per heavy atom. The molecule has 0 aliphatic carbocycles. The Kier molecular flexibility index (Phi) is 4.37. The maximum absolute atomic E-state index is 11.4. The summed E-state index contributed by atoms with van der Waals surface area (Å²) in [5.74, 6) is -0.596. The Morgan fingerprint density at radius 2 is 1.85 bits per heavy atom. The third-order valence-corrected chi connectivity index (χ3v) is 3.46. The highest BCUT2D eigenvalue weighted by molar-refractivity contribution is 6.34. The minimum Gasteiger partial charge on any atom is -0.399 e. The van der Waals surface area contributed by atoms with Crippen LogP contribution in [0.3, 0.4) is 0 Å². The summed E-state index contributed by atoms with van der Waals surface area (Å²) < 4.78 is 0. The molecule has 20 heavy (non-hydrogen) atoms. The summed E-state index contributed by atoms with van der Waals surface area (Å²) in [6.45, 7) is 0.420. The lowest BCUT2D eigenvalue weighted by Crippen LogP contribution is -2.15. The van der Waals surface area contributed by atoms with Crippen LogP contribution in [0, 0.1) is 0 Å². The van der Waals surface area contributed by atoms with E-state index in [0.29, 0.717) is 28.0 Å². The summed E-state index contributed by atoms with van der Waals surface area (Å²) in [7, 11) is 0. The quantitative estimate of drug-likeness (QED) is 0.758. The number of carbonyl (C=O) groups excluding carboxylic acids is 1. The van der Waals surface area contributed by atoms with Gasteiger partial charge in [0.15, 0.2) is 0 Å². The molecule has 0 aromatic heterocycles. The Bertz CT molecular complexity index is 659. The topological polar surface area (TPSA) is 81.1 Å². The maximum atomic E-state index is 11.4. The molecule has 0 aliphatic rings. The van der Waals surface area contributed by atoms with Crippen LogP contribution in [-0.2, 0) is 6.54 Å². The molecule has 0 aliphatic heterocycles. The van der Waals surface area contributed by atoms with Gasteiger partial charge in [0.2, 0.25) is 0 Å². The first-order valence-corrected chi connectivity index (χ1v) is 6.60. The average molecular weight is 310 g/mol. The monoisotopic (exact) mass is 309 g/mol. The second-order valence-electron chi connectivity index (χ2n) is 4.23. The smallest absolute Gasteiger partial charge is 0.250 e. The van der Waals surface area contributed by atoms with Crippen LogP contribution in [0.4, 0.5) is 11.4 Å². The SMILES string of the molecule is NC(=O)c1cc(N)cc(Cl)c1NCc1ccccc1Cl. The van der Waals surface area contributed by atoms with Crippen LogP contribution >= 0.6 is 23.2 Å². The number of anilines is 2. The molecule has 0 saturated carbocycles. The summed E-state index contributed by atoms with van der Waals surface area (Å²) in [6, 6.07) is 10.4. The summed E-state index contributed by atoms with van der Waals surface area (Å²) in [4.78, 5) is 11.4.